The number of halogens is 1. The fourth-order valence-corrected chi connectivity index (χ4v) is 3.85. The molecule has 0 N–H and O–H groups in total. The van der Waals surface area contributed by atoms with Gasteiger partial charge in [-0.1, -0.05) is 28.5 Å². The number of amides is 1. The van der Waals surface area contributed by atoms with E-state index in [1.165, 1.54) is 23.5 Å². The van der Waals surface area contributed by atoms with E-state index in [-0.39, 0.29) is 11.7 Å². The minimum Gasteiger partial charge on any atom is -0.308 e. The highest BCUT2D eigenvalue weighted by Gasteiger charge is 2.22. The summed E-state index contributed by atoms with van der Waals surface area (Å²) in [6.45, 7) is 5.19. The maximum atomic E-state index is 13.5. The van der Waals surface area contributed by atoms with E-state index in [0.717, 1.165) is 15.8 Å². The van der Waals surface area contributed by atoms with Crippen molar-refractivity contribution in [3.8, 4) is 0 Å². The molecule has 6 heteroatoms. The molecule has 3 aromatic rings. The van der Waals surface area contributed by atoms with Crippen LogP contribution in [0.5, 0.6) is 0 Å². The third kappa shape index (κ3) is 4.08. The number of rotatable bonds is 5. The maximum Gasteiger partial charge on any atom is 0.260 e. The Balaban J connectivity index is 2.01. The lowest BCUT2D eigenvalue weighted by Gasteiger charge is -2.22. The number of thiazole rings is 1. The summed E-state index contributed by atoms with van der Waals surface area (Å²) in [4.78, 5) is 21.5. The standard InChI is InChI=1S/C20H22FN3OS/c1-13-9-14(2)11-15(10-13)19(25)24(8-7-23(3)4)20-22-17-6-5-16(21)12-18(17)26-20/h5-6,9-12H,7-8H2,1-4H3. The number of benzene rings is 2. The average molecular weight is 371 g/mol. The third-order valence-electron chi connectivity index (χ3n) is 4.05. The van der Waals surface area contributed by atoms with Crippen molar-refractivity contribution in [3.63, 3.8) is 0 Å². The zero-order valence-corrected chi connectivity index (χ0v) is 16.2. The van der Waals surface area contributed by atoms with Crippen molar-refractivity contribution in [3.05, 3.63) is 58.9 Å². The Kier molecular flexibility index (Phi) is 5.34. The van der Waals surface area contributed by atoms with Gasteiger partial charge in [-0.05, 0) is 58.3 Å². The molecule has 0 saturated carbocycles. The number of carbonyl (C=O) groups excluding carboxylic acids is 1. The molecule has 26 heavy (non-hydrogen) atoms. The Labute approximate surface area is 156 Å². The van der Waals surface area contributed by atoms with E-state index in [2.05, 4.69) is 4.98 Å². The molecule has 2 aromatic carbocycles. The van der Waals surface area contributed by atoms with E-state index in [4.69, 9.17) is 0 Å². The van der Waals surface area contributed by atoms with E-state index in [9.17, 15) is 9.18 Å². The Morgan fingerprint density at radius 2 is 1.77 bits per heavy atom. The van der Waals surface area contributed by atoms with Gasteiger partial charge in [0.15, 0.2) is 5.13 Å². The van der Waals surface area contributed by atoms with Crippen LogP contribution in [0.2, 0.25) is 0 Å². The van der Waals surface area contributed by atoms with Crippen LogP contribution in [0.3, 0.4) is 0 Å². The Morgan fingerprint density at radius 1 is 1.08 bits per heavy atom. The van der Waals surface area contributed by atoms with Gasteiger partial charge in [-0.3, -0.25) is 9.69 Å². The summed E-state index contributed by atoms with van der Waals surface area (Å²) in [6.07, 6.45) is 0. The molecular weight excluding hydrogens is 349 g/mol. The van der Waals surface area contributed by atoms with Crippen LogP contribution >= 0.6 is 11.3 Å². The molecule has 0 aliphatic heterocycles. The summed E-state index contributed by atoms with van der Waals surface area (Å²) in [5.74, 6) is -0.383. The smallest absolute Gasteiger partial charge is 0.260 e. The molecule has 0 aliphatic rings. The first-order chi connectivity index (χ1) is 12.3. The summed E-state index contributed by atoms with van der Waals surface area (Å²) in [7, 11) is 3.93. The number of carbonyl (C=O) groups is 1. The van der Waals surface area contributed by atoms with Gasteiger partial charge >= 0.3 is 0 Å². The van der Waals surface area contributed by atoms with Gasteiger partial charge in [0.05, 0.1) is 10.2 Å². The van der Waals surface area contributed by atoms with Gasteiger partial charge in [0.2, 0.25) is 0 Å². The molecule has 136 valence electrons. The molecule has 0 unspecified atom stereocenters. The number of nitrogens with zero attached hydrogens (tertiary/aromatic N) is 3. The molecule has 4 nitrogen and oxygen atoms in total. The normalized spacial score (nSPS) is 11.3. The molecule has 1 amide bonds. The Bertz CT molecular complexity index is 931. The number of fused-ring (bicyclic) bond motifs is 1. The van der Waals surface area contributed by atoms with Gasteiger partial charge < -0.3 is 4.90 Å². The maximum absolute atomic E-state index is 13.5. The monoisotopic (exact) mass is 371 g/mol. The molecule has 0 atom stereocenters. The molecule has 0 bridgehead atoms. The van der Waals surface area contributed by atoms with Crippen molar-refractivity contribution < 1.29 is 9.18 Å². The molecule has 0 radical (unpaired) electrons. The van der Waals surface area contributed by atoms with Crippen molar-refractivity contribution >= 4 is 32.6 Å². The predicted molar refractivity (Wildman–Crippen MR) is 106 cm³/mol. The average Bonchev–Trinajstić information content (AvgIpc) is 2.96. The highest BCUT2D eigenvalue weighted by molar-refractivity contribution is 7.22. The summed E-state index contributed by atoms with van der Waals surface area (Å²) in [6, 6.07) is 10.3. The lowest BCUT2D eigenvalue weighted by molar-refractivity contribution is 0.0985. The van der Waals surface area contributed by atoms with Crippen LogP contribution in [0.25, 0.3) is 10.2 Å². The van der Waals surface area contributed by atoms with Crippen molar-refractivity contribution in [1.82, 2.24) is 9.88 Å². The lowest BCUT2D eigenvalue weighted by atomic mass is 10.1. The third-order valence-corrected chi connectivity index (χ3v) is 5.10. The van der Waals surface area contributed by atoms with Crippen molar-refractivity contribution in [1.29, 1.82) is 0 Å². The number of hydrogen-bond acceptors (Lipinski definition) is 4. The predicted octanol–water partition coefficient (Wildman–Crippen LogP) is 4.26. The molecule has 0 saturated heterocycles. The van der Waals surface area contributed by atoms with E-state index in [1.807, 2.05) is 51.0 Å². The highest BCUT2D eigenvalue weighted by atomic mass is 32.1. The molecular formula is C20H22FN3OS. The quantitative estimate of drug-likeness (QED) is 0.672. The number of aromatic nitrogens is 1. The topological polar surface area (TPSA) is 36.4 Å². The fourth-order valence-electron chi connectivity index (χ4n) is 2.84. The first-order valence-corrected chi connectivity index (χ1v) is 9.26. The largest absolute Gasteiger partial charge is 0.308 e. The van der Waals surface area contributed by atoms with Crippen LogP contribution in [-0.4, -0.2) is 43.0 Å². The van der Waals surface area contributed by atoms with E-state index < -0.39 is 0 Å². The van der Waals surface area contributed by atoms with Gasteiger partial charge in [0.25, 0.3) is 5.91 Å². The second-order valence-electron chi connectivity index (χ2n) is 6.74. The van der Waals surface area contributed by atoms with Crippen molar-refractivity contribution in [2.75, 3.05) is 32.1 Å². The first-order valence-electron chi connectivity index (χ1n) is 8.44. The number of aryl methyl sites for hydroxylation is 2. The zero-order chi connectivity index (χ0) is 18.8. The van der Waals surface area contributed by atoms with Crippen LogP contribution < -0.4 is 4.90 Å². The van der Waals surface area contributed by atoms with Gasteiger partial charge in [-0.2, -0.15) is 0 Å². The van der Waals surface area contributed by atoms with Crippen LogP contribution in [0, 0.1) is 19.7 Å². The fraction of sp³-hybridized carbons (Fsp3) is 0.300. The number of hydrogen-bond donors (Lipinski definition) is 0. The molecule has 0 aliphatic carbocycles. The van der Waals surface area contributed by atoms with E-state index in [0.29, 0.717) is 29.3 Å². The van der Waals surface area contributed by atoms with Crippen LogP contribution in [0.4, 0.5) is 9.52 Å². The second kappa shape index (κ2) is 7.51. The molecule has 3 rings (SSSR count). The summed E-state index contributed by atoms with van der Waals surface area (Å²) in [5.41, 5.74) is 3.45. The zero-order valence-electron chi connectivity index (χ0n) is 15.4. The second-order valence-corrected chi connectivity index (χ2v) is 7.75. The van der Waals surface area contributed by atoms with Crippen LogP contribution in [-0.2, 0) is 0 Å². The Hall–Kier alpha value is -2.31. The van der Waals surface area contributed by atoms with E-state index in [1.54, 1.807) is 11.0 Å². The highest BCUT2D eigenvalue weighted by Crippen LogP contribution is 2.30. The molecule has 0 spiro atoms. The number of anilines is 1. The SMILES string of the molecule is Cc1cc(C)cc(C(=O)N(CCN(C)C)c2nc3ccc(F)cc3s2)c1. The van der Waals surface area contributed by atoms with E-state index >= 15 is 0 Å². The van der Waals surface area contributed by atoms with Crippen LogP contribution in [0.1, 0.15) is 21.5 Å². The lowest BCUT2D eigenvalue weighted by Crippen LogP contribution is -2.36. The molecule has 0 fully saturated rings. The summed E-state index contributed by atoms with van der Waals surface area (Å²) >= 11 is 1.34. The van der Waals surface area contributed by atoms with Crippen molar-refractivity contribution in [2.45, 2.75) is 13.8 Å². The number of likely N-dealkylation sites (N-methyl/N-ethyl adjacent to an activating group) is 1. The first kappa shape index (κ1) is 18.5. The Morgan fingerprint density at radius 3 is 2.42 bits per heavy atom. The van der Waals surface area contributed by atoms with Gasteiger partial charge in [0.1, 0.15) is 5.82 Å². The molecule has 1 aromatic heterocycles. The minimum absolute atomic E-state index is 0.0850. The molecule has 1 heterocycles. The van der Waals surface area contributed by atoms with Gasteiger partial charge in [-0.15, -0.1) is 0 Å². The van der Waals surface area contributed by atoms with Gasteiger partial charge in [0, 0.05) is 18.7 Å². The van der Waals surface area contributed by atoms with Crippen molar-refractivity contribution in [2.24, 2.45) is 0 Å². The minimum atomic E-state index is -0.298. The summed E-state index contributed by atoms with van der Waals surface area (Å²) in [5, 5.41) is 0.594. The van der Waals surface area contributed by atoms with Gasteiger partial charge in [-0.25, -0.2) is 9.37 Å². The summed E-state index contributed by atoms with van der Waals surface area (Å²) < 4.78 is 14.2. The van der Waals surface area contributed by atoms with Crippen LogP contribution in [0.15, 0.2) is 36.4 Å².